The fourth-order valence-electron chi connectivity index (χ4n) is 5.21. The van der Waals surface area contributed by atoms with Crippen molar-refractivity contribution in [1.29, 1.82) is 0 Å². The molecule has 3 heteroatoms. The summed E-state index contributed by atoms with van der Waals surface area (Å²) in [6.07, 6.45) is 0. The van der Waals surface area contributed by atoms with E-state index in [-0.39, 0.29) is 16.2 Å². The third-order valence-corrected chi connectivity index (χ3v) is 10.7. The SMILES string of the molecule is CC(C)(C)c1cc(Br)c2c(c1)C(C)(C)c1cc(C(C)(C)C)cc(P(c3ccccc3)c3ccccc3)c1O2. The first-order valence-electron chi connectivity index (χ1n) is 13.4. The Kier molecular flexibility index (Phi) is 6.90. The maximum Gasteiger partial charge on any atom is 0.145 e. The standard InChI is InChI=1S/C35H38BrOP/c1-33(2,3)23-19-27-31(29(36)21-23)37-32-28(35(27,7)8)20-24(34(4,5)6)22-30(32)38(25-15-11-9-12-16-25)26-17-13-10-14-18-26/h9-22H,1-8H3. The summed E-state index contributed by atoms with van der Waals surface area (Å²) in [5.74, 6) is 1.95. The number of benzene rings is 4. The molecule has 0 amide bonds. The summed E-state index contributed by atoms with van der Waals surface area (Å²) in [4.78, 5) is 0. The lowest BCUT2D eigenvalue weighted by molar-refractivity contribution is 0.415. The number of ether oxygens (including phenoxy) is 1. The zero-order valence-electron chi connectivity index (χ0n) is 23.8. The van der Waals surface area contributed by atoms with Crippen molar-refractivity contribution in [1.82, 2.24) is 0 Å². The van der Waals surface area contributed by atoms with Gasteiger partial charge in [-0.05, 0) is 68.6 Å². The highest BCUT2D eigenvalue weighted by Gasteiger charge is 2.40. The molecule has 0 radical (unpaired) electrons. The minimum absolute atomic E-state index is 0.00234. The Morgan fingerprint density at radius 1 is 0.632 bits per heavy atom. The molecule has 0 fully saturated rings. The topological polar surface area (TPSA) is 9.23 Å². The molecule has 1 heterocycles. The molecule has 4 aromatic rings. The van der Waals surface area contributed by atoms with Crippen LogP contribution in [0.4, 0.5) is 0 Å². The molecular formula is C35H38BrOP. The van der Waals surface area contributed by atoms with Crippen LogP contribution < -0.4 is 20.7 Å². The largest absolute Gasteiger partial charge is 0.455 e. The van der Waals surface area contributed by atoms with Gasteiger partial charge in [0.1, 0.15) is 11.5 Å². The van der Waals surface area contributed by atoms with E-state index in [1.54, 1.807) is 0 Å². The van der Waals surface area contributed by atoms with Gasteiger partial charge in [-0.15, -0.1) is 0 Å². The predicted molar refractivity (Wildman–Crippen MR) is 169 cm³/mol. The minimum atomic E-state index is -0.829. The van der Waals surface area contributed by atoms with Gasteiger partial charge < -0.3 is 4.74 Å². The normalized spacial score (nSPS) is 14.6. The first kappa shape index (κ1) is 27.2. The lowest BCUT2D eigenvalue weighted by Gasteiger charge is -2.39. The smallest absolute Gasteiger partial charge is 0.145 e. The third-order valence-electron chi connectivity index (χ3n) is 7.67. The Bertz CT molecular complexity index is 1440. The zero-order valence-corrected chi connectivity index (χ0v) is 26.3. The van der Waals surface area contributed by atoms with Crippen molar-refractivity contribution >= 4 is 39.8 Å². The van der Waals surface area contributed by atoms with Gasteiger partial charge in [-0.2, -0.15) is 0 Å². The number of halogens is 1. The van der Waals surface area contributed by atoms with Crippen molar-refractivity contribution in [3.63, 3.8) is 0 Å². The highest BCUT2D eigenvalue weighted by atomic mass is 79.9. The Morgan fingerprint density at radius 3 is 1.55 bits per heavy atom. The molecule has 0 aliphatic carbocycles. The van der Waals surface area contributed by atoms with Gasteiger partial charge in [-0.1, -0.05) is 128 Å². The fourth-order valence-corrected chi connectivity index (χ4v) is 8.18. The van der Waals surface area contributed by atoms with Gasteiger partial charge in [0.2, 0.25) is 0 Å². The van der Waals surface area contributed by atoms with Crippen molar-refractivity contribution in [3.05, 3.63) is 112 Å². The van der Waals surface area contributed by atoms with Gasteiger partial charge in [0.15, 0.2) is 0 Å². The average molecular weight is 586 g/mol. The Labute approximate surface area is 238 Å². The van der Waals surface area contributed by atoms with E-state index in [0.29, 0.717) is 0 Å². The van der Waals surface area contributed by atoms with E-state index >= 15 is 0 Å². The predicted octanol–water partition coefficient (Wildman–Crippen LogP) is 9.23. The summed E-state index contributed by atoms with van der Waals surface area (Å²) in [6, 6.07) is 31.3. The van der Waals surface area contributed by atoms with Crippen LogP contribution in [0.15, 0.2) is 89.4 Å². The Hall–Kier alpha value is -2.41. The van der Waals surface area contributed by atoms with Crippen LogP contribution in [0.5, 0.6) is 11.5 Å². The molecule has 1 nitrogen and oxygen atoms in total. The number of hydrogen-bond acceptors (Lipinski definition) is 1. The van der Waals surface area contributed by atoms with Crippen LogP contribution >= 0.6 is 23.9 Å². The second-order valence-electron chi connectivity index (χ2n) is 12.9. The van der Waals surface area contributed by atoms with Crippen LogP contribution in [0.3, 0.4) is 0 Å². The van der Waals surface area contributed by atoms with Crippen molar-refractivity contribution in [2.75, 3.05) is 0 Å². The second-order valence-corrected chi connectivity index (χ2v) is 16.0. The molecule has 196 valence electrons. The number of fused-ring (bicyclic) bond motifs is 2. The van der Waals surface area contributed by atoms with E-state index in [1.807, 2.05) is 0 Å². The van der Waals surface area contributed by atoms with E-state index in [1.165, 1.54) is 38.2 Å². The van der Waals surface area contributed by atoms with Crippen LogP contribution in [0.1, 0.15) is 77.6 Å². The maximum atomic E-state index is 7.00. The molecule has 1 aliphatic heterocycles. The van der Waals surface area contributed by atoms with E-state index in [4.69, 9.17) is 4.74 Å². The van der Waals surface area contributed by atoms with E-state index in [2.05, 4.69) is 156 Å². The maximum absolute atomic E-state index is 7.00. The van der Waals surface area contributed by atoms with Crippen LogP contribution in [0, 0.1) is 0 Å². The van der Waals surface area contributed by atoms with E-state index in [9.17, 15) is 0 Å². The molecule has 1 aliphatic rings. The lowest BCUT2D eigenvalue weighted by Crippen LogP contribution is -2.32. The highest BCUT2D eigenvalue weighted by Crippen LogP contribution is 2.54. The molecule has 0 saturated carbocycles. The Balaban J connectivity index is 1.84. The molecule has 0 N–H and O–H groups in total. The average Bonchev–Trinajstić information content (AvgIpc) is 2.85. The molecule has 0 aromatic heterocycles. The number of hydrogen-bond donors (Lipinski definition) is 0. The van der Waals surface area contributed by atoms with Gasteiger partial charge in [0.05, 0.1) is 4.47 Å². The van der Waals surface area contributed by atoms with Gasteiger partial charge in [-0.25, -0.2) is 0 Å². The van der Waals surface area contributed by atoms with Crippen LogP contribution in [-0.4, -0.2) is 0 Å². The van der Waals surface area contributed by atoms with Crippen molar-refractivity contribution in [3.8, 4) is 11.5 Å². The first-order chi connectivity index (χ1) is 17.8. The summed E-state index contributed by atoms with van der Waals surface area (Å²) in [6.45, 7) is 18.5. The summed E-state index contributed by atoms with van der Waals surface area (Å²) in [5, 5.41) is 3.94. The van der Waals surface area contributed by atoms with Gasteiger partial charge in [0, 0.05) is 21.8 Å². The van der Waals surface area contributed by atoms with Gasteiger partial charge in [0.25, 0.3) is 0 Å². The van der Waals surface area contributed by atoms with Crippen LogP contribution in [-0.2, 0) is 16.2 Å². The molecule has 4 aromatic carbocycles. The molecular weight excluding hydrogens is 547 g/mol. The second kappa shape index (κ2) is 9.65. The van der Waals surface area contributed by atoms with Crippen LogP contribution in [0.25, 0.3) is 0 Å². The monoisotopic (exact) mass is 584 g/mol. The quantitative estimate of drug-likeness (QED) is 0.218. The number of rotatable bonds is 3. The van der Waals surface area contributed by atoms with Crippen LogP contribution in [0.2, 0.25) is 0 Å². The lowest BCUT2D eigenvalue weighted by atomic mass is 9.72. The highest BCUT2D eigenvalue weighted by molar-refractivity contribution is 9.10. The van der Waals surface area contributed by atoms with Crippen molar-refractivity contribution < 1.29 is 4.74 Å². The zero-order chi connectivity index (χ0) is 27.5. The fraction of sp³-hybridized carbons (Fsp3) is 0.314. The molecule has 0 saturated heterocycles. The van der Waals surface area contributed by atoms with Gasteiger partial charge in [-0.3, -0.25) is 0 Å². The first-order valence-corrected chi connectivity index (χ1v) is 15.5. The molecule has 5 rings (SSSR count). The summed E-state index contributed by atoms with van der Waals surface area (Å²) in [7, 11) is -0.829. The molecule has 0 unspecified atom stereocenters. The third kappa shape index (κ3) is 4.87. The summed E-state index contributed by atoms with van der Waals surface area (Å²) in [5.41, 5.74) is 4.98. The molecule has 0 spiro atoms. The van der Waals surface area contributed by atoms with E-state index < -0.39 is 7.92 Å². The van der Waals surface area contributed by atoms with Crippen molar-refractivity contribution in [2.24, 2.45) is 0 Å². The summed E-state index contributed by atoms with van der Waals surface area (Å²) < 4.78 is 8.03. The molecule has 0 bridgehead atoms. The molecule has 38 heavy (non-hydrogen) atoms. The van der Waals surface area contributed by atoms with Crippen molar-refractivity contribution in [2.45, 2.75) is 71.6 Å². The van der Waals surface area contributed by atoms with Gasteiger partial charge >= 0.3 is 0 Å². The summed E-state index contributed by atoms with van der Waals surface area (Å²) >= 11 is 3.91. The molecule has 0 atom stereocenters. The Morgan fingerprint density at radius 2 is 1.08 bits per heavy atom. The van der Waals surface area contributed by atoms with E-state index in [0.717, 1.165) is 16.0 Å². The minimum Gasteiger partial charge on any atom is -0.455 e.